The van der Waals surface area contributed by atoms with E-state index in [1.165, 1.54) is 0 Å². The Labute approximate surface area is 214 Å². The van der Waals surface area contributed by atoms with Crippen molar-refractivity contribution in [3.8, 4) is 22.6 Å². The number of ether oxygens (including phenoxy) is 2. The van der Waals surface area contributed by atoms with E-state index < -0.39 is 5.97 Å². The second kappa shape index (κ2) is 11.9. The number of hydrogen-bond acceptors (Lipinski definition) is 7. The number of para-hydroxylation sites is 1. The van der Waals surface area contributed by atoms with Crippen LogP contribution in [0.25, 0.3) is 22.1 Å². The van der Waals surface area contributed by atoms with Gasteiger partial charge in [-0.05, 0) is 47.0 Å². The zero-order valence-corrected chi connectivity index (χ0v) is 20.5. The summed E-state index contributed by atoms with van der Waals surface area (Å²) in [5.74, 6) is 0.125. The number of aliphatic imine (C=N–C) groups is 1. The Morgan fingerprint density at radius 3 is 2.65 bits per heavy atom. The van der Waals surface area contributed by atoms with Crippen LogP contribution in [-0.4, -0.2) is 30.9 Å². The van der Waals surface area contributed by atoms with Crippen LogP contribution in [-0.2, 0) is 24.4 Å². The summed E-state index contributed by atoms with van der Waals surface area (Å²) in [6, 6.07) is 19.0. The predicted molar refractivity (Wildman–Crippen MR) is 144 cm³/mol. The van der Waals surface area contributed by atoms with Gasteiger partial charge in [0, 0.05) is 42.0 Å². The topological polar surface area (TPSA) is 133 Å². The molecule has 4 rings (SSSR count). The molecule has 37 heavy (non-hydrogen) atoms. The average molecular weight is 500 g/mol. The lowest BCUT2D eigenvalue weighted by Gasteiger charge is -2.12. The van der Waals surface area contributed by atoms with Crippen molar-refractivity contribution in [2.75, 3.05) is 13.7 Å². The lowest BCUT2D eigenvalue weighted by Crippen LogP contribution is -2.09. The van der Waals surface area contributed by atoms with Crippen LogP contribution < -0.4 is 20.9 Å². The van der Waals surface area contributed by atoms with E-state index in [-0.39, 0.29) is 19.6 Å². The Morgan fingerprint density at radius 1 is 1.03 bits per heavy atom. The molecule has 1 heterocycles. The first-order valence-corrected chi connectivity index (χ1v) is 11.7. The van der Waals surface area contributed by atoms with Gasteiger partial charge in [-0.2, -0.15) is 0 Å². The molecule has 0 bridgehead atoms. The Balaban J connectivity index is 1.70. The molecule has 0 saturated carbocycles. The molecular weight excluding hydrogens is 470 g/mol. The summed E-state index contributed by atoms with van der Waals surface area (Å²) in [7, 11) is 1.67. The fourth-order valence-electron chi connectivity index (χ4n) is 3.91. The van der Waals surface area contributed by atoms with Crippen molar-refractivity contribution in [1.82, 2.24) is 0 Å². The van der Waals surface area contributed by atoms with Crippen molar-refractivity contribution in [3.05, 3.63) is 95.4 Å². The van der Waals surface area contributed by atoms with E-state index in [9.17, 15) is 9.90 Å². The Kier molecular flexibility index (Phi) is 8.22. The number of furan rings is 1. The molecule has 3 aromatic carbocycles. The molecule has 5 N–H and O–H groups in total. The number of hydrogen-bond donors (Lipinski definition) is 3. The molecule has 0 radical (unpaired) electrons. The summed E-state index contributed by atoms with van der Waals surface area (Å²) in [5.41, 5.74) is 17.3. The highest BCUT2D eigenvalue weighted by molar-refractivity contribution is 5.91. The lowest BCUT2D eigenvalue weighted by atomic mass is 10.00. The summed E-state index contributed by atoms with van der Waals surface area (Å²) in [5, 5.41) is 10.0. The monoisotopic (exact) mass is 499 g/mol. The maximum Gasteiger partial charge on any atom is 0.307 e. The minimum Gasteiger partial charge on any atom is -0.488 e. The van der Waals surface area contributed by atoms with Crippen LogP contribution in [0.4, 0.5) is 0 Å². The summed E-state index contributed by atoms with van der Waals surface area (Å²) in [4.78, 5) is 15.1. The molecule has 0 atom stereocenters. The third-order valence-corrected chi connectivity index (χ3v) is 5.75. The third-order valence-electron chi connectivity index (χ3n) is 5.75. The average Bonchev–Trinajstić information content (AvgIpc) is 3.32. The number of allylic oxidation sites excluding steroid dienone is 1. The Hall–Kier alpha value is -4.56. The van der Waals surface area contributed by atoms with E-state index in [2.05, 4.69) is 4.99 Å². The summed E-state index contributed by atoms with van der Waals surface area (Å²) in [6.45, 7) is 0.771. The predicted octanol–water partition coefficient (Wildman–Crippen LogP) is 4.69. The molecule has 0 saturated heterocycles. The van der Waals surface area contributed by atoms with Crippen LogP contribution in [0, 0.1) is 0 Å². The second-order valence-electron chi connectivity index (χ2n) is 8.42. The lowest BCUT2D eigenvalue weighted by molar-refractivity contribution is -0.136. The van der Waals surface area contributed by atoms with Crippen molar-refractivity contribution in [3.63, 3.8) is 0 Å². The largest absolute Gasteiger partial charge is 0.488 e. The van der Waals surface area contributed by atoms with Crippen LogP contribution >= 0.6 is 0 Å². The molecule has 1 aromatic heterocycles. The summed E-state index contributed by atoms with van der Waals surface area (Å²) < 4.78 is 18.0. The van der Waals surface area contributed by atoms with E-state index >= 15 is 0 Å². The van der Waals surface area contributed by atoms with Gasteiger partial charge in [-0.1, -0.05) is 36.4 Å². The van der Waals surface area contributed by atoms with Gasteiger partial charge in [0.25, 0.3) is 0 Å². The molecule has 0 spiro atoms. The zero-order valence-electron chi connectivity index (χ0n) is 20.5. The molecular formula is C29H29N3O5. The van der Waals surface area contributed by atoms with Gasteiger partial charge in [0.05, 0.1) is 12.7 Å². The number of carbonyl (C=O) groups is 1. The van der Waals surface area contributed by atoms with Crippen LogP contribution in [0.5, 0.6) is 11.5 Å². The fourth-order valence-corrected chi connectivity index (χ4v) is 3.91. The first kappa shape index (κ1) is 25.5. The number of carboxylic acids is 1. The first-order chi connectivity index (χ1) is 18.0. The van der Waals surface area contributed by atoms with E-state index in [4.69, 9.17) is 25.4 Å². The van der Waals surface area contributed by atoms with E-state index in [1.807, 2.05) is 42.5 Å². The highest BCUT2D eigenvalue weighted by Crippen LogP contribution is 2.36. The van der Waals surface area contributed by atoms with E-state index in [0.717, 1.165) is 27.6 Å². The van der Waals surface area contributed by atoms with Crippen molar-refractivity contribution in [1.29, 1.82) is 0 Å². The van der Waals surface area contributed by atoms with Gasteiger partial charge in [0.1, 0.15) is 19.0 Å². The fraction of sp³-hybridized carbons (Fsp3) is 0.172. The van der Waals surface area contributed by atoms with Gasteiger partial charge in [0.2, 0.25) is 0 Å². The maximum atomic E-state index is 11.2. The number of aliphatic carboxylic acids is 1. The van der Waals surface area contributed by atoms with Crippen LogP contribution in [0.1, 0.15) is 16.7 Å². The number of nitrogens with zero attached hydrogens (tertiary/aromatic N) is 1. The molecule has 4 aromatic rings. The molecule has 0 aliphatic carbocycles. The summed E-state index contributed by atoms with van der Waals surface area (Å²) >= 11 is 0. The number of fused-ring (bicyclic) bond motifs is 1. The first-order valence-electron chi connectivity index (χ1n) is 11.7. The second-order valence-corrected chi connectivity index (χ2v) is 8.42. The smallest absolute Gasteiger partial charge is 0.307 e. The van der Waals surface area contributed by atoms with Gasteiger partial charge >= 0.3 is 5.97 Å². The van der Waals surface area contributed by atoms with Crippen molar-refractivity contribution < 1.29 is 23.8 Å². The molecule has 8 nitrogen and oxygen atoms in total. The van der Waals surface area contributed by atoms with Crippen molar-refractivity contribution in [2.45, 2.75) is 19.6 Å². The quantitative estimate of drug-likeness (QED) is 0.255. The molecule has 190 valence electrons. The van der Waals surface area contributed by atoms with Crippen LogP contribution in [0.2, 0.25) is 0 Å². The minimum absolute atomic E-state index is 0.125. The van der Waals surface area contributed by atoms with Crippen molar-refractivity contribution in [2.24, 2.45) is 16.5 Å². The van der Waals surface area contributed by atoms with Crippen LogP contribution in [0.15, 0.2) is 88.1 Å². The Morgan fingerprint density at radius 2 is 1.86 bits per heavy atom. The van der Waals surface area contributed by atoms with Crippen LogP contribution in [0.3, 0.4) is 0 Å². The number of carboxylic acid groups (broad SMARTS) is 1. The van der Waals surface area contributed by atoms with Gasteiger partial charge in [0.15, 0.2) is 11.3 Å². The number of rotatable bonds is 11. The third kappa shape index (κ3) is 6.36. The molecule has 8 heteroatoms. The van der Waals surface area contributed by atoms with Gasteiger partial charge in [-0.15, -0.1) is 0 Å². The highest BCUT2D eigenvalue weighted by Gasteiger charge is 2.16. The number of benzene rings is 3. The van der Waals surface area contributed by atoms with E-state index in [1.54, 1.807) is 43.8 Å². The highest BCUT2D eigenvalue weighted by atomic mass is 16.5. The normalized spacial score (nSPS) is 11.8. The molecule has 0 fully saturated rings. The van der Waals surface area contributed by atoms with Crippen molar-refractivity contribution >= 4 is 23.2 Å². The molecule has 0 amide bonds. The SMILES string of the molecule is CN=C/C=C(\N)COc1cc(-c2cccc(CN)c2)cc2c(COc3ccccc3CC(=O)O)coc12. The van der Waals surface area contributed by atoms with Gasteiger partial charge in [-0.25, -0.2) is 0 Å². The summed E-state index contributed by atoms with van der Waals surface area (Å²) in [6.07, 6.45) is 4.79. The number of nitrogens with two attached hydrogens (primary N) is 2. The van der Waals surface area contributed by atoms with Gasteiger partial charge in [-0.3, -0.25) is 9.79 Å². The zero-order chi connectivity index (χ0) is 26.2. The minimum atomic E-state index is -0.922. The standard InChI is InChI=1S/C29H29N3O5/c1-32-10-9-24(31)18-36-27-13-22(20-7-4-5-19(11-20)15-30)12-25-23(17-37-29(25)27)16-35-26-8-3-2-6-21(26)14-28(33)34/h2-13,17H,14-16,18,30-31H2,1H3,(H,33,34)/b24-9-,32-10?. The Bertz CT molecular complexity index is 1460. The van der Waals surface area contributed by atoms with Gasteiger partial charge < -0.3 is 30.5 Å². The molecule has 0 unspecified atom stereocenters. The molecule has 0 aliphatic rings. The van der Waals surface area contributed by atoms with E-state index in [0.29, 0.717) is 34.9 Å². The molecule has 0 aliphatic heterocycles. The maximum absolute atomic E-state index is 11.2.